The molecule has 0 spiro atoms. The average Bonchev–Trinajstić information content (AvgIpc) is 2.34. The summed E-state index contributed by atoms with van der Waals surface area (Å²) in [5, 5.41) is 17.5. The summed E-state index contributed by atoms with van der Waals surface area (Å²) in [5.41, 5.74) is 0.652. The Labute approximate surface area is 98.9 Å². The maximum atomic E-state index is 10.9. The Balaban J connectivity index is 2.91. The number of aliphatic hydroxyl groups is 1. The number of rotatable bonds is 6. The number of aliphatic carboxylic acids is 1. The zero-order valence-electron chi connectivity index (χ0n) is 9.42. The Morgan fingerprint density at radius 3 is 2.82 bits per heavy atom. The second kappa shape index (κ2) is 6.55. The van der Waals surface area contributed by atoms with Gasteiger partial charge in [0.15, 0.2) is 0 Å². The van der Waals surface area contributed by atoms with Crippen molar-refractivity contribution in [2.75, 3.05) is 20.3 Å². The van der Waals surface area contributed by atoms with Crippen molar-refractivity contribution in [3.8, 4) is 5.75 Å². The van der Waals surface area contributed by atoms with Crippen molar-refractivity contribution in [1.29, 1.82) is 0 Å². The van der Waals surface area contributed by atoms with E-state index in [4.69, 9.17) is 19.7 Å². The topological polar surface area (TPSA) is 76.0 Å². The molecule has 92 valence electrons. The molecule has 0 aromatic heterocycles. The summed E-state index contributed by atoms with van der Waals surface area (Å²) in [7, 11) is 1.53. The molecule has 5 heteroatoms. The van der Waals surface area contributed by atoms with Crippen LogP contribution < -0.4 is 4.74 Å². The third kappa shape index (κ3) is 4.16. The van der Waals surface area contributed by atoms with E-state index in [0.717, 1.165) is 0 Å². The van der Waals surface area contributed by atoms with Gasteiger partial charge in [0.1, 0.15) is 12.4 Å². The second-order valence-electron chi connectivity index (χ2n) is 3.16. The molecule has 0 fully saturated rings. The molecule has 0 saturated heterocycles. The van der Waals surface area contributed by atoms with Gasteiger partial charge in [-0.15, -0.1) is 0 Å². The number of hydrogen-bond acceptors (Lipinski definition) is 4. The van der Waals surface area contributed by atoms with Gasteiger partial charge in [-0.1, -0.05) is 12.1 Å². The van der Waals surface area contributed by atoms with Crippen LogP contribution in [0.5, 0.6) is 5.75 Å². The molecule has 0 unspecified atom stereocenters. The van der Waals surface area contributed by atoms with Gasteiger partial charge in [0.2, 0.25) is 5.76 Å². The first-order valence-corrected chi connectivity index (χ1v) is 5.00. The van der Waals surface area contributed by atoms with Crippen molar-refractivity contribution in [2.24, 2.45) is 0 Å². The summed E-state index contributed by atoms with van der Waals surface area (Å²) < 4.78 is 9.92. The molecule has 0 atom stereocenters. The highest BCUT2D eigenvalue weighted by molar-refractivity contribution is 5.89. The van der Waals surface area contributed by atoms with Crippen LogP contribution in [0.4, 0.5) is 0 Å². The van der Waals surface area contributed by atoms with E-state index in [2.05, 4.69) is 0 Å². The van der Waals surface area contributed by atoms with Crippen molar-refractivity contribution in [3.63, 3.8) is 0 Å². The number of hydrogen-bond donors (Lipinski definition) is 2. The second-order valence-corrected chi connectivity index (χ2v) is 3.16. The fourth-order valence-corrected chi connectivity index (χ4v) is 1.20. The van der Waals surface area contributed by atoms with Gasteiger partial charge in [-0.3, -0.25) is 0 Å². The van der Waals surface area contributed by atoms with Gasteiger partial charge in [-0.2, -0.15) is 0 Å². The molecule has 1 aromatic carbocycles. The molecular weight excluding hydrogens is 224 g/mol. The van der Waals surface area contributed by atoms with Gasteiger partial charge in [-0.25, -0.2) is 4.79 Å². The predicted octanol–water partition coefficient (Wildman–Crippen LogP) is 1.13. The minimum Gasteiger partial charge on any atom is -0.497 e. The SMILES string of the molecule is COc1cccc(C=C(OCCO)C(=O)O)c1. The number of methoxy groups -OCH3 is 1. The van der Waals surface area contributed by atoms with Crippen molar-refractivity contribution in [3.05, 3.63) is 35.6 Å². The molecule has 0 heterocycles. The highest BCUT2D eigenvalue weighted by atomic mass is 16.5. The van der Waals surface area contributed by atoms with Gasteiger partial charge < -0.3 is 19.7 Å². The van der Waals surface area contributed by atoms with Crippen LogP contribution in [-0.4, -0.2) is 36.5 Å². The quantitative estimate of drug-likeness (QED) is 0.574. The average molecular weight is 238 g/mol. The molecular formula is C12H14O5. The molecule has 0 aliphatic heterocycles. The Bertz CT molecular complexity index is 411. The standard InChI is InChI=1S/C12H14O5/c1-16-10-4-2-3-9(7-10)8-11(12(14)15)17-6-5-13/h2-4,7-8,13H,5-6H2,1H3,(H,14,15). The summed E-state index contributed by atoms with van der Waals surface area (Å²) in [4.78, 5) is 10.9. The van der Waals surface area contributed by atoms with Gasteiger partial charge in [-0.05, 0) is 23.8 Å². The molecule has 1 rings (SSSR count). The number of ether oxygens (including phenoxy) is 2. The Hall–Kier alpha value is -2.01. The first kappa shape index (κ1) is 13.1. The van der Waals surface area contributed by atoms with Crippen LogP contribution in [0.25, 0.3) is 6.08 Å². The molecule has 0 amide bonds. The third-order valence-electron chi connectivity index (χ3n) is 1.95. The zero-order valence-corrected chi connectivity index (χ0v) is 9.42. The van der Waals surface area contributed by atoms with Crippen LogP contribution in [-0.2, 0) is 9.53 Å². The van der Waals surface area contributed by atoms with E-state index in [1.807, 2.05) is 0 Å². The molecule has 17 heavy (non-hydrogen) atoms. The number of benzene rings is 1. The van der Waals surface area contributed by atoms with E-state index in [1.54, 1.807) is 24.3 Å². The molecule has 0 aliphatic carbocycles. The molecule has 0 radical (unpaired) electrons. The predicted molar refractivity (Wildman–Crippen MR) is 61.6 cm³/mol. The number of carboxylic acid groups (broad SMARTS) is 1. The normalized spacial score (nSPS) is 11.1. The third-order valence-corrected chi connectivity index (χ3v) is 1.95. The van der Waals surface area contributed by atoms with E-state index in [1.165, 1.54) is 13.2 Å². The fraction of sp³-hybridized carbons (Fsp3) is 0.250. The summed E-state index contributed by atoms with van der Waals surface area (Å²) in [6.45, 7) is -0.287. The Morgan fingerprint density at radius 1 is 1.47 bits per heavy atom. The summed E-state index contributed by atoms with van der Waals surface area (Å²) >= 11 is 0. The summed E-state index contributed by atoms with van der Waals surface area (Å²) in [6, 6.07) is 6.92. The summed E-state index contributed by atoms with van der Waals surface area (Å²) in [6.07, 6.45) is 1.38. The lowest BCUT2D eigenvalue weighted by Gasteiger charge is -2.05. The van der Waals surface area contributed by atoms with Crippen LogP contribution in [0.1, 0.15) is 5.56 Å². The number of aliphatic hydroxyl groups excluding tert-OH is 1. The van der Waals surface area contributed by atoms with E-state index >= 15 is 0 Å². The molecule has 2 N–H and O–H groups in total. The Morgan fingerprint density at radius 2 is 2.24 bits per heavy atom. The van der Waals surface area contributed by atoms with Crippen LogP contribution in [0.2, 0.25) is 0 Å². The van der Waals surface area contributed by atoms with Gasteiger partial charge >= 0.3 is 5.97 Å². The van der Waals surface area contributed by atoms with Crippen molar-refractivity contribution < 1.29 is 24.5 Å². The summed E-state index contributed by atoms with van der Waals surface area (Å²) in [5.74, 6) is -0.765. The maximum absolute atomic E-state index is 10.9. The van der Waals surface area contributed by atoms with Crippen LogP contribution >= 0.6 is 0 Å². The molecule has 0 bridgehead atoms. The molecule has 5 nitrogen and oxygen atoms in total. The van der Waals surface area contributed by atoms with Crippen molar-refractivity contribution in [2.45, 2.75) is 0 Å². The minimum atomic E-state index is -1.18. The minimum absolute atomic E-state index is 0.0535. The Kier molecular flexibility index (Phi) is 5.03. The highest BCUT2D eigenvalue weighted by Crippen LogP contribution is 2.15. The fourth-order valence-electron chi connectivity index (χ4n) is 1.20. The molecule has 1 aromatic rings. The van der Waals surface area contributed by atoms with Crippen LogP contribution in [0, 0.1) is 0 Å². The van der Waals surface area contributed by atoms with Crippen molar-refractivity contribution >= 4 is 12.0 Å². The maximum Gasteiger partial charge on any atom is 0.371 e. The molecule has 0 aliphatic rings. The van der Waals surface area contributed by atoms with Crippen LogP contribution in [0.15, 0.2) is 30.0 Å². The zero-order chi connectivity index (χ0) is 12.7. The van der Waals surface area contributed by atoms with E-state index < -0.39 is 5.97 Å². The lowest BCUT2D eigenvalue weighted by atomic mass is 10.2. The lowest BCUT2D eigenvalue weighted by Crippen LogP contribution is -2.07. The van der Waals surface area contributed by atoms with Gasteiger partial charge in [0, 0.05) is 0 Å². The molecule has 0 saturated carbocycles. The van der Waals surface area contributed by atoms with E-state index in [-0.39, 0.29) is 19.0 Å². The number of carbonyl (C=O) groups is 1. The number of carboxylic acids is 1. The lowest BCUT2D eigenvalue weighted by molar-refractivity contribution is -0.136. The smallest absolute Gasteiger partial charge is 0.371 e. The monoisotopic (exact) mass is 238 g/mol. The largest absolute Gasteiger partial charge is 0.497 e. The van der Waals surface area contributed by atoms with Crippen molar-refractivity contribution in [1.82, 2.24) is 0 Å². The first-order valence-electron chi connectivity index (χ1n) is 5.00. The first-order chi connectivity index (χ1) is 8.17. The van der Waals surface area contributed by atoms with Gasteiger partial charge in [0.25, 0.3) is 0 Å². The van der Waals surface area contributed by atoms with E-state index in [9.17, 15) is 4.79 Å². The van der Waals surface area contributed by atoms with E-state index in [0.29, 0.717) is 11.3 Å². The highest BCUT2D eigenvalue weighted by Gasteiger charge is 2.08. The van der Waals surface area contributed by atoms with Crippen LogP contribution in [0.3, 0.4) is 0 Å². The van der Waals surface area contributed by atoms with Gasteiger partial charge in [0.05, 0.1) is 13.7 Å².